The van der Waals surface area contributed by atoms with Crippen LogP contribution < -0.4 is 5.32 Å². The van der Waals surface area contributed by atoms with Crippen molar-refractivity contribution in [3.63, 3.8) is 0 Å². The first-order valence-electron chi connectivity index (χ1n) is 2.92. The van der Waals surface area contributed by atoms with Crippen LogP contribution in [0.5, 0.6) is 0 Å². The third-order valence-electron chi connectivity index (χ3n) is 1.03. The normalized spacial score (nSPS) is 8.90. The smallest absolute Gasteiger partial charge is 0.0731 e. The quantitative estimate of drug-likeness (QED) is 0.676. The van der Waals surface area contributed by atoms with Crippen LogP contribution in [0.4, 0.5) is 0 Å². The zero-order valence-corrected chi connectivity index (χ0v) is 6.64. The predicted octanol–water partition coefficient (Wildman–Crippen LogP) is -0.0807. The molecule has 1 aromatic heterocycles. The maximum Gasteiger partial charge on any atom is 0.0731 e. The molecule has 1 rings (SSSR count). The van der Waals surface area contributed by atoms with Gasteiger partial charge in [0.15, 0.2) is 0 Å². The van der Waals surface area contributed by atoms with Crippen LogP contribution in [0, 0.1) is 0 Å². The van der Waals surface area contributed by atoms with Gasteiger partial charge in [0.1, 0.15) is 0 Å². The van der Waals surface area contributed by atoms with Gasteiger partial charge in [0, 0.05) is 6.54 Å². The van der Waals surface area contributed by atoms with Crippen LogP contribution >= 0.6 is 12.4 Å². The van der Waals surface area contributed by atoms with Gasteiger partial charge in [0.2, 0.25) is 0 Å². The number of nitrogens with zero attached hydrogens (tertiary/aromatic N) is 3. The Bertz CT molecular complexity index is 151. The Balaban J connectivity index is 0.000000810. The highest BCUT2D eigenvalue weighted by atomic mass is 35.5. The summed E-state index contributed by atoms with van der Waals surface area (Å²) in [7, 11) is 1.91. The van der Waals surface area contributed by atoms with E-state index in [1.165, 1.54) is 0 Å². The van der Waals surface area contributed by atoms with Crippen molar-refractivity contribution >= 4 is 12.4 Å². The topological polar surface area (TPSA) is 42.7 Å². The van der Waals surface area contributed by atoms with Gasteiger partial charge in [0.05, 0.1) is 18.9 Å². The van der Waals surface area contributed by atoms with E-state index >= 15 is 0 Å². The number of rotatable bonds is 3. The van der Waals surface area contributed by atoms with Crippen LogP contribution in [-0.2, 0) is 6.54 Å². The van der Waals surface area contributed by atoms with Crippen molar-refractivity contribution in [1.82, 2.24) is 20.3 Å². The minimum atomic E-state index is 0. The molecular weight excluding hydrogens is 152 g/mol. The van der Waals surface area contributed by atoms with E-state index in [0.29, 0.717) is 0 Å². The van der Waals surface area contributed by atoms with Crippen LogP contribution in [0.15, 0.2) is 12.4 Å². The molecule has 0 aliphatic carbocycles. The number of nitrogens with one attached hydrogen (secondary N) is 1. The highest BCUT2D eigenvalue weighted by molar-refractivity contribution is 5.85. The van der Waals surface area contributed by atoms with Crippen LogP contribution in [-0.4, -0.2) is 28.6 Å². The fourth-order valence-electron chi connectivity index (χ4n) is 0.571. The molecule has 4 nitrogen and oxygen atoms in total. The highest BCUT2D eigenvalue weighted by Crippen LogP contribution is 1.74. The van der Waals surface area contributed by atoms with Gasteiger partial charge in [0.25, 0.3) is 0 Å². The summed E-state index contributed by atoms with van der Waals surface area (Å²) in [4.78, 5) is 1.65. The third-order valence-corrected chi connectivity index (χ3v) is 1.03. The Morgan fingerprint density at radius 1 is 1.40 bits per heavy atom. The van der Waals surface area contributed by atoms with Crippen LogP contribution in [0.2, 0.25) is 0 Å². The molecule has 0 amide bonds. The molecule has 1 heterocycles. The molecule has 0 aliphatic heterocycles. The van der Waals surface area contributed by atoms with Gasteiger partial charge in [-0.2, -0.15) is 15.0 Å². The number of likely N-dealkylation sites (N-methyl/N-ethyl adjacent to an activating group) is 1. The van der Waals surface area contributed by atoms with Gasteiger partial charge < -0.3 is 5.32 Å². The van der Waals surface area contributed by atoms with E-state index in [0.717, 1.165) is 13.1 Å². The van der Waals surface area contributed by atoms with Gasteiger partial charge >= 0.3 is 0 Å². The van der Waals surface area contributed by atoms with E-state index in [-0.39, 0.29) is 12.4 Å². The molecule has 0 saturated heterocycles. The summed E-state index contributed by atoms with van der Waals surface area (Å²) < 4.78 is 0. The fraction of sp³-hybridized carbons (Fsp3) is 0.600. The molecule has 10 heavy (non-hydrogen) atoms. The summed E-state index contributed by atoms with van der Waals surface area (Å²) in [6.45, 7) is 1.75. The van der Waals surface area contributed by atoms with Crippen molar-refractivity contribution in [2.45, 2.75) is 6.54 Å². The summed E-state index contributed by atoms with van der Waals surface area (Å²) >= 11 is 0. The zero-order chi connectivity index (χ0) is 6.53. The van der Waals surface area contributed by atoms with Crippen LogP contribution in [0.1, 0.15) is 0 Å². The van der Waals surface area contributed by atoms with Crippen LogP contribution in [0.3, 0.4) is 0 Å². The maximum atomic E-state index is 3.92. The molecular formula is C5H11ClN4. The SMILES string of the molecule is CNCCn1nccn1.Cl. The van der Waals surface area contributed by atoms with E-state index in [1.54, 1.807) is 17.2 Å². The Hall–Kier alpha value is -0.610. The van der Waals surface area contributed by atoms with Crippen molar-refractivity contribution in [2.24, 2.45) is 0 Å². The molecule has 1 N–H and O–H groups in total. The molecule has 0 saturated carbocycles. The molecule has 0 atom stereocenters. The second-order valence-electron chi connectivity index (χ2n) is 1.73. The summed E-state index contributed by atoms with van der Waals surface area (Å²) in [5, 5.41) is 10.8. The van der Waals surface area contributed by atoms with Crippen molar-refractivity contribution in [3.05, 3.63) is 12.4 Å². The molecule has 0 radical (unpaired) electrons. The summed E-state index contributed by atoms with van der Waals surface area (Å²) in [6.07, 6.45) is 3.35. The van der Waals surface area contributed by atoms with Gasteiger partial charge in [-0.15, -0.1) is 12.4 Å². The minimum absolute atomic E-state index is 0. The second-order valence-corrected chi connectivity index (χ2v) is 1.73. The standard InChI is InChI=1S/C5H10N4.ClH/c1-6-4-5-9-7-2-3-8-9;/h2-3,6H,4-5H2,1H3;1H. The molecule has 0 aliphatic rings. The van der Waals surface area contributed by atoms with Crippen molar-refractivity contribution < 1.29 is 0 Å². The first kappa shape index (κ1) is 9.39. The molecule has 58 valence electrons. The lowest BCUT2D eigenvalue weighted by Crippen LogP contribution is -2.16. The Morgan fingerprint density at radius 2 is 2.00 bits per heavy atom. The van der Waals surface area contributed by atoms with E-state index in [1.807, 2.05) is 7.05 Å². The fourth-order valence-corrected chi connectivity index (χ4v) is 0.571. The molecule has 0 unspecified atom stereocenters. The Labute approximate surface area is 66.0 Å². The second kappa shape index (κ2) is 5.20. The summed E-state index contributed by atoms with van der Waals surface area (Å²) in [5.74, 6) is 0. The Morgan fingerprint density at radius 3 is 2.50 bits per heavy atom. The highest BCUT2D eigenvalue weighted by Gasteiger charge is 1.86. The number of hydrogen-bond donors (Lipinski definition) is 1. The molecule has 5 heteroatoms. The van der Waals surface area contributed by atoms with E-state index in [4.69, 9.17) is 0 Å². The van der Waals surface area contributed by atoms with Crippen LogP contribution in [0.25, 0.3) is 0 Å². The van der Waals surface area contributed by atoms with Gasteiger partial charge in [-0.3, -0.25) is 0 Å². The van der Waals surface area contributed by atoms with E-state index in [9.17, 15) is 0 Å². The van der Waals surface area contributed by atoms with E-state index in [2.05, 4.69) is 15.5 Å². The molecule has 1 aromatic rings. The van der Waals surface area contributed by atoms with Crippen molar-refractivity contribution in [2.75, 3.05) is 13.6 Å². The third kappa shape index (κ3) is 2.80. The van der Waals surface area contributed by atoms with Crippen molar-refractivity contribution in [1.29, 1.82) is 0 Å². The molecule has 0 spiro atoms. The summed E-state index contributed by atoms with van der Waals surface area (Å²) in [6, 6.07) is 0. The maximum absolute atomic E-state index is 3.92. The summed E-state index contributed by atoms with van der Waals surface area (Å²) in [5.41, 5.74) is 0. The first-order valence-corrected chi connectivity index (χ1v) is 2.92. The largest absolute Gasteiger partial charge is 0.318 e. The number of halogens is 1. The lowest BCUT2D eigenvalue weighted by atomic mass is 10.6. The zero-order valence-electron chi connectivity index (χ0n) is 5.82. The lowest BCUT2D eigenvalue weighted by molar-refractivity contribution is 0.520. The molecule has 0 fully saturated rings. The van der Waals surface area contributed by atoms with Gasteiger partial charge in [-0.25, -0.2) is 0 Å². The number of aromatic nitrogens is 3. The van der Waals surface area contributed by atoms with Crippen molar-refractivity contribution in [3.8, 4) is 0 Å². The monoisotopic (exact) mass is 162 g/mol. The average Bonchev–Trinajstić information content (AvgIpc) is 2.34. The molecule has 0 bridgehead atoms. The average molecular weight is 163 g/mol. The predicted molar refractivity (Wildman–Crippen MR) is 41.2 cm³/mol. The van der Waals surface area contributed by atoms with Gasteiger partial charge in [-0.05, 0) is 7.05 Å². The Kier molecular flexibility index (Phi) is 4.88. The first-order chi connectivity index (χ1) is 4.43. The minimum Gasteiger partial charge on any atom is -0.318 e. The molecule has 0 aromatic carbocycles. The van der Waals surface area contributed by atoms with E-state index < -0.39 is 0 Å². The van der Waals surface area contributed by atoms with Gasteiger partial charge in [-0.1, -0.05) is 0 Å². The lowest BCUT2D eigenvalue weighted by Gasteiger charge is -1.95. The number of hydrogen-bond acceptors (Lipinski definition) is 3.